The molecule has 3 rings (SSSR count). The summed E-state index contributed by atoms with van der Waals surface area (Å²) in [5, 5.41) is 2.91. The molecule has 3 aromatic rings. The Balaban J connectivity index is 1.69. The molecule has 0 saturated heterocycles. The highest BCUT2D eigenvalue weighted by atomic mass is 16.5. The highest BCUT2D eigenvalue weighted by molar-refractivity contribution is 5.88. The van der Waals surface area contributed by atoms with Crippen LogP contribution in [0.2, 0.25) is 0 Å². The smallest absolute Gasteiger partial charge is 0.261 e. The number of hydrogen-bond donors (Lipinski definition) is 1. The van der Waals surface area contributed by atoms with Gasteiger partial charge in [0.25, 0.3) is 5.91 Å². The molecule has 0 aliphatic carbocycles. The Kier molecular flexibility index (Phi) is 8.26. The molecule has 0 fully saturated rings. The van der Waals surface area contributed by atoms with Crippen molar-refractivity contribution < 1.29 is 19.1 Å². The fourth-order valence-electron chi connectivity index (χ4n) is 3.29. The summed E-state index contributed by atoms with van der Waals surface area (Å²) in [5.74, 6) is 0.792. The van der Waals surface area contributed by atoms with Crippen molar-refractivity contribution in [1.29, 1.82) is 0 Å². The van der Waals surface area contributed by atoms with Crippen LogP contribution in [0.1, 0.15) is 18.1 Å². The van der Waals surface area contributed by atoms with Gasteiger partial charge in [0.2, 0.25) is 5.91 Å². The molecule has 0 aliphatic rings. The lowest BCUT2D eigenvalue weighted by Crippen LogP contribution is -2.48. The van der Waals surface area contributed by atoms with Crippen molar-refractivity contribution in [2.45, 2.75) is 26.1 Å². The van der Waals surface area contributed by atoms with Crippen LogP contribution in [0.15, 0.2) is 84.9 Å². The summed E-state index contributed by atoms with van der Waals surface area (Å²) in [4.78, 5) is 27.5. The number of hydrogen-bond acceptors (Lipinski definition) is 4. The van der Waals surface area contributed by atoms with Crippen LogP contribution in [-0.2, 0) is 22.7 Å². The van der Waals surface area contributed by atoms with E-state index in [-0.39, 0.29) is 18.4 Å². The zero-order chi connectivity index (χ0) is 22.8. The monoisotopic (exact) mass is 432 g/mol. The zero-order valence-electron chi connectivity index (χ0n) is 18.4. The number of carbonyl (C=O) groups is 2. The summed E-state index contributed by atoms with van der Waals surface area (Å²) in [5.41, 5.74) is 1.80. The summed E-state index contributed by atoms with van der Waals surface area (Å²) >= 11 is 0. The van der Waals surface area contributed by atoms with Crippen LogP contribution in [0.5, 0.6) is 11.5 Å². The Morgan fingerprint density at radius 1 is 0.906 bits per heavy atom. The first-order valence-corrected chi connectivity index (χ1v) is 10.5. The van der Waals surface area contributed by atoms with E-state index in [0.29, 0.717) is 24.6 Å². The Morgan fingerprint density at radius 2 is 1.53 bits per heavy atom. The average molecular weight is 433 g/mol. The fraction of sp³-hybridized carbons (Fsp3) is 0.231. The number of nitrogens with zero attached hydrogens (tertiary/aromatic N) is 1. The molecule has 0 bridgehead atoms. The molecule has 0 saturated carbocycles. The lowest BCUT2D eigenvalue weighted by molar-refractivity contribution is -0.142. The van der Waals surface area contributed by atoms with Crippen molar-refractivity contribution >= 4 is 11.8 Å². The maximum Gasteiger partial charge on any atom is 0.261 e. The number of nitrogens with one attached hydrogen (secondary N) is 1. The SMILES string of the molecule is COc1ccccc1CNC(=O)[C@H](C)N(Cc1ccccc1)C(=O)COc1ccccc1. The predicted molar refractivity (Wildman–Crippen MR) is 123 cm³/mol. The van der Waals surface area contributed by atoms with Crippen molar-refractivity contribution in [3.63, 3.8) is 0 Å². The molecule has 0 radical (unpaired) electrons. The summed E-state index contributed by atoms with van der Waals surface area (Å²) in [6.07, 6.45) is 0. The fourth-order valence-corrected chi connectivity index (χ4v) is 3.29. The van der Waals surface area contributed by atoms with Gasteiger partial charge in [-0.25, -0.2) is 0 Å². The van der Waals surface area contributed by atoms with Crippen LogP contribution >= 0.6 is 0 Å². The molecule has 1 atom stereocenters. The van der Waals surface area contributed by atoms with Crippen molar-refractivity contribution in [3.8, 4) is 11.5 Å². The second-order valence-electron chi connectivity index (χ2n) is 7.31. The van der Waals surface area contributed by atoms with Gasteiger partial charge in [0.1, 0.15) is 17.5 Å². The Labute approximate surface area is 188 Å². The van der Waals surface area contributed by atoms with E-state index in [0.717, 1.165) is 11.1 Å². The van der Waals surface area contributed by atoms with Gasteiger partial charge in [-0.3, -0.25) is 9.59 Å². The van der Waals surface area contributed by atoms with Crippen LogP contribution in [0.4, 0.5) is 0 Å². The number of para-hydroxylation sites is 2. The van der Waals surface area contributed by atoms with E-state index in [4.69, 9.17) is 9.47 Å². The van der Waals surface area contributed by atoms with E-state index in [1.807, 2.05) is 72.8 Å². The minimum atomic E-state index is -0.684. The van der Waals surface area contributed by atoms with E-state index in [2.05, 4.69) is 5.32 Å². The van der Waals surface area contributed by atoms with E-state index in [9.17, 15) is 9.59 Å². The topological polar surface area (TPSA) is 67.9 Å². The first kappa shape index (κ1) is 22.9. The second kappa shape index (κ2) is 11.6. The minimum absolute atomic E-state index is 0.152. The standard InChI is InChI=1S/C26H28N2O4/c1-20(26(30)27-17-22-13-9-10-16-24(22)31-2)28(18-21-11-5-3-6-12-21)25(29)19-32-23-14-7-4-8-15-23/h3-16,20H,17-19H2,1-2H3,(H,27,30)/t20-/m0/s1. The molecule has 0 aromatic heterocycles. The summed E-state index contributed by atoms with van der Waals surface area (Å²) in [6, 6.07) is 25.5. The normalized spacial score (nSPS) is 11.3. The average Bonchev–Trinajstić information content (AvgIpc) is 2.85. The third-order valence-electron chi connectivity index (χ3n) is 5.11. The molecular weight excluding hydrogens is 404 g/mol. The lowest BCUT2D eigenvalue weighted by atomic mass is 10.1. The van der Waals surface area contributed by atoms with Crippen LogP contribution in [0, 0.1) is 0 Å². The van der Waals surface area contributed by atoms with Gasteiger partial charge in [-0.05, 0) is 30.7 Å². The lowest BCUT2D eigenvalue weighted by Gasteiger charge is -2.29. The maximum atomic E-state index is 13.0. The number of carbonyl (C=O) groups excluding carboxylic acids is 2. The molecular formula is C26H28N2O4. The van der Waals surface area contributed by atoms with Gasteiger partial charge in [0, 0.05) is 18.7 Å². The highest BCUT2D eigenvalue weighted by Gasteiger charge is 2.26. The molecule has 2 amide bonds. The van der Waals surface area contributed by atoms with Gasteiger partial charge in [-0.15, -0.1) is 0 Å². The Hall–Kier alpha value is -3.80. The minimum Gasteiger partial charge on any atom is -0.496 e. The zero-order valence-corrected chi connectivity index (χ0v) is 18.4. The van der Waals surface area contributed by atoms with Crippen molar-refractivity contribution in [3.05, 3.63) is 96.1 Å². The third kappa shape index (κ3) is 6.35. The number of amides is 2. The van der Waals surface area contributed by atoms with Gasteiger partial charge in [0.15, 0.2) is 6.61 Å². The molecule has 3 aromatic carbocycles. The molecule has 0 spiro atoms. The molecule has 0 unspecified atom stereocenters. The van der Waals surface area contributed by atoms with E-state index in [1.165, 1.54) is 4.90 Å². The second-order valence-corrected chi connectivity index (χ2v) is 7.31. The van der Waals surface area contributed by atoms with Gasteiger partial charge in [-0.1, -0.05) is 66.7 Å². The van der Waals surface area contributed by atoms with E-state index < -0.39 is 6.04 Å². The van der Waals surface area contributed by atoms with Gasteiger partial charge >= 0.3 is 0 Å². The van der Waals surface area contributed by atoms with Gasteiger partial charge < -0.3 is 19.7 Å². The first-order valence-electron chi connectivity index (χ1n) is 10.5. The summed E-state index contributed by atoms with van der Waals surface area (Å²) in [7, 11) is 1.59. The maximum absolute atomic E-state index is 13.0. The van der Waals surface area contributed by atoms with Gasteiger partial charge in [0.05, 0.1) is 7.11 Å². The van der Waals surface area contributed by atoms with Crippen molar-refractivity contribution in [1.82, 2.24) is 10.2 Å². The van der Waals surface area contributed by atoms with Gasteiger partial charge in [-0.2, -0.15) is 0 Å². The Bertz CT molecular complexity index is 1010. The largest absolute Gasteiger partial charge is 0.496 e. The number of methoxy groups -OCH3 is 1. The molecule has 166 valence electrons. The molecule has 0 heterocycles. The Morgan fingerprint density at radius 3 is 2.22 bits per heavy atom. The van der Waals surface area contributed by atoms with Crippen LogP contribution in [0.3, 0.4) is 0 Å². The number of ether oxygens (including phenoxy) is 2. The summed E-state index contributed by atoms with van der Waals surface area (Å²) < 4.78 is 11.0. The van der Waals surface area contributed by atoms with Crippen LogP contribution < -0.4 is 14.8 Å². The van der Waals surface area contributed by atoms with Crippen molar-refractivity contribution in [2.75, 3.05) is 13.7 Å². The van der Waals surface area contributed by atoms with E-state index in [1.54, 1.807) is 26.2 Å². The molecule has 1 N–H and O–H groups in total. The summed E-state index contributed by atoms with van der Waals surface area (Å²) in [6.45, 7) is 2.18. The first-order chi connectivity index (χ1) is 15.6. The predicted octanol–water partition coefficient (Wildman–Crippen LogP) is 3.81. The van der Waals surface area contributed by atoms with Crippen molar-refractivity contribution in [2.24, 2.45) is 0 Å². The number of benzene rings is 3. The van der Waals surface area contributed by atoms with Crippen LogP contribution in [0.25, 0.3) is 0 Å². The number of rotatable bonds is 10. The third-order valence-corrected chi connectivity index (χ3v) is 5.11. The molecule has 6 nitrogen and oxygen atoms in total. The quantitative estimate of drug-likeness (QED) is 0.529. The van der Waals surface area contributed by atoms with Crippen LogP contribution in [-0.4, -0.2) is 36.5 Å². The van der Waals surface area contributed by atoms with E-state index >= 15 is 0 Å². The molecule has 6 heteroatoms. The highest BCUT2D eigenvalue weighted by Crippen LogP contribution is 2.17. The molecule has 0 aliphatic heterocycles. The molecule has 32 heavy (non-hydrogen) atoms.